The third-order valence-corrected chi connectivity index (χ3v) is 2.36. The SMILES string of the molecule is CCOC(=O)C(=O)c1ccc2ccncc2c1. The predicted molar refractivity (Wildman–Crippen MR) is 62.7 cm³/mol. The number of pyridine rings is 1. The van der Waals surface area contributed by atoms with Gasteiger partial charge < -0.3 is 4.74 Å². The highest BCUT2D eigenvalue weighted by atomic mass is 16.5. The second kappa shape index (κ2) is 4.74. The molecule has 0 atom stereocenters. The number of hydrogen-bond acceptors (Lipinski definition) is 4. The molecule has 0 aliphatic carbocycles. The Morgan fingerprint density at radius 3 is 2.82 bits per heavy atom. The molecule has 0 aliphatic rings. The number of Topliss-reactive ketones (excluding diaryl/α,β-unsaturated/α-hetero) is 1. The number of ketones is 1. The molecule has 0 spiro atoms. The molecule has 4 nitrogen and oxygen atoms in total. The van der Waals surface area contributed by atoms with Crippen LogP contribution in [0.4, 0.5) is 0 Å². The molecular weight excluding hydrogens is 218 g/mol. The fourth-order valence-corrected chi connectivity index (χ4v) is 1.54. The van der Waals surface area contributed by atoms with E-state index in [1.54, 1.807) is 37.5 Å². The fourth-order valence-electron chi connectivity index (χ4n) is 1.54. The second-order valence-electron chi connectivity index (χ2n) is 3.49. The van der Waals surface area contributed by atoms with Crippen molar-refractivity contribution in [1.29, 1.82) is 0 Å². The smallest absolute Gasteiger partial charge is 0.379 e. The monoisotopic (exact) mass is 229 g/mol. The minimum atomic E-state index is -0.823. The van der Waals surface area contributed by atoms with Gasteiger partial charge in [0.2, 0.25) is 0 Å². The maximum atomic E-state index is 11.7. The minimum Gasteiger partial charge on any atom is -0.460 e. The van der Waals surface area contributed by atoms with Crippen molar-refractivity contribution in [3.05, 3.63) is 42.2 Å². The van der Waals surface area contributed by atoms with Gasteiger partial charge >= 0.3 is 5.97 Å². The summed E-state index contributed by atoms with van der Waals surface area (Å²) in [6.45, 7) is 1.86. The first-order valence-electron chi connectivity index (χ1n) is 5.27. The van der Waals surface area contributed by atoms with E-state index in [1.165, 1.54) is 0 Å². The summed E-state index contributed by atoms with van der Waals surface area (Å²) in [7, 11) is 0. The fraction of sp³-hybridized carbons (Fsp3) is 0.154. The summed E-state index contributed by atoms with van der Waals surface area (Å²) in [5.74, 6) is -1.45. The summed E-state index contributed by atoms with van der Waals surface area (Å²) in [5, 5.41) is 1.79. The van der Waals surface area contributed by atoms with E-state index >= 15 is 0 Å². The van der Waals surface area contributed by atoms with Gasteiger partial charge in [-0.3, -0.25) is 9.78 Å². The zero-order chi connectivity index (χ0) is 12.3. The van der Waals surface area contributed by atoms with Gasteiger partial charge in [0.25, 0.3) is 5.78 Å². The summed E-state index contributed by atoms with van der Waals surface area (Å²) < 4.78 is 4.67. The van der Waals surface area contributed by atoms with Gasteiger partial charge in [-0.2, -0.15) is 0 Å². The first-order valence-corrected chi connectivity index (χ1v) is 5.27. The van der Waals surface area contributed by atoms with Crippen molar-refractivity contribution in [2.75, 3.05) is 6.61 Å². The van der Waals surface area contributed by atoms with Gasteiger partial charge in [0.05, 0.1) is 6.61 Å². The Hall–Kier alpha value is -2.23. The van der Waals surface area contributed by atoms with Crippen LogP contribution in [0.5, 0.6) is 0 Å². The first kappa shape index (κ1) is 11.3. The third-order valence-electron chi connectivity index (χ3n) is 2.36. The molecule has 0 aliphatic heterocycles. The van der Waals surface area contributed by atoms with Gasteiger partial charge in [0, 0.05) is 23.3 Å². The van der Waals surface area contributed by atoms with Gasteiger partial charge in [-0.05, 0) is 24.4 Å². The summed E-state index contributed by atoms with van der Waals surface area (Å²) >= 11 is 0. The molecule has 2 aromatic rings. The molecule has 0 N–H and O–H groups in total. The van der Waals surface area contributed by atoms with Crippen LogP contribution in [0.2, 0.25) is 0 Å². The van der Waals surface area contributed by atoms with Crippen molar-refractivity contribution in [3.63, 3.8) is 0 Å². The number of aromatic nitrogens is 1. The molecule has 0 amide bonds. The zero-order valence-electron chi connectivity index (χ0n) is 9.34. The lowest BCUT2D eigenvalue weighted by molar-refractivity contribution is -0.137. The number of carbonyl (C=O) groups excluding carboxylic acids is 2. The largest absolute Gasteiger partial charge is 0.460 e. The van der Waals surface area contributed by atoms with Crippen LogP contribution in [0.25, 0.3) is 10.8 Å². The Bertz CT molecular complexity index is 578. The average molecular weight is 229 g/mol. The molecule has 0 fully saturated rings. The maximum Gasteiger partial charge on any atom is 0.379 e. The van der Waals surface area contributed by atoms with Crippen LogP contribution < -0.4 is 0 Å². The van der Waals surface area contributed by atoms with Crippen molar-refractivity contribution in [1.82, 2.24) is 4.98 Å². The van der Waals surface area contributed by atoms with E-state index in [9.17, 15) is 9.59 Å². The first-order chi connectivity index (χ1) is 8.22. The Morgan fingerprint density at radius 1 is 1.24 bits per heavy atom. The lowest BCUT2D eigenvalue weighted by atomic mass is 10.1. The lowest BCUT2D eigenvalue weighted by Crippen LogP contribution is -2.17. The van der Waals surface area contributed by atoms with Gasteiger partial charge in [0.15, 0.2) is 0 Å². The van der Waals surface area contributed by atoms with E-state index < -0.39 is 11.8 Å². The number of hydrogen-bond donors (Lipinski definition) is 0. The lowest BCUT2D eigenvalue weighted by Gasteiger charge is -2.02. The molecule has 0 radical (unpaired) electrons. The van der Waals surface area contributed by atoms with Crippen LogP contribution in [0.15, 0.2) is 36.7 Å². The number of nitrogens with zero attached hydrogens (tertiary/aromatic N) is 1. The van der Waals surface area contributed by atoms with Crippen LogP contribution in [0.1, 0.15) is 17.3 Å². The van der Waals surface area contributed by atoms with E-state index in [4.69, 9.17) is 0 Å². The van der Waals surface area contributed by atoms with Crippen molar-refractivity contribution in [2.45, 2.75) is 6.92 Å². The minimum absolute atomic E-state index is 0.194. The van der Waals surface area contributed by atoms with Crippen molar-refractivity contribution >= 4 is 22.5 Å². The molecular formula is C13H11NO3. The molecule has 0 unspecified atom stereocenters. The zero-order valence-corrected chi connectivity index (χ0v) is 9.34. The molecule has 4 heteroatoms. The summed E-state index contributed by atoms with van der Waals surface area (Å²) in [5.41, 5.74) is 0.323. The van der Waals surface area contributed by atoms with Gasteiger partial charge in [-0.15, -0.1) is 0 Å². The number of ether oxygens (including phenoxy) is 1. The Kier molecular flexibility index (Phi) is 3.14. The van der Waals surface area contributed by atoms with E-state index in [1.807, 2.05) is 6.07 Å². The van der Waals surface area contributed by atoms with Gasteiger partial charge in [0.1, 0.15) is 0 Å². The highest BCUT2D eigenvalue weighted by Gasteiger charge is 2.17. The molecule has 1 heterocycles. The highest BCUT2D eigenvalue weighted by Crippen LogP contribution is 2.15. The highest BCUT2D eigenvalue weighted by molar-refractivity contribution is 6.40. The van der Waals surface area contributed by atoms with Crippen LogP contribution in [-0.4, -0.2) is 23.3 Å². The Labute approximate surface area is 98.2 Å². The molecule has 86 valence electrons. The molecule has 0 saturated heterocycles. The van der Waals surface area contributed by atoms with E-state index in [-0.39, 0.29) is 6.61 Å². The van der Waals surface area contributed by atoms with Gasteiger partial charge in [-0.1, -0.05) is 12.1 Å². The van der Waals surface area contributed by atoms with Crippen molar-refractivity contribution in [2.24, 2.45) is 0 Å². The average Bonchev–Trinajstić information content (AvgIpc) is 2.37. The van der Waals surface area contributed by atoms with Gasteiger partial charge in [-0.25, -0.2) is 4.79 Å². The predicted octanol–water partition coefficient (Wildman–Crippen LogP) is 1.98. The number of benzene rings is 1. The quantitative estimate of drug-likeness (QED) is 0.458. The molecule has 2 rings (SSSR count). The summed E-state index contributed by atoms with van der Waals surface area (Å²) in [6, 6.07) is 6.88. The van der Waals surface area contributed by atoms with E-state index in [2.05, 4.69) is 9.72 Å². The molecule has 1 aromatic heterocycles. The molecule has 1 aromatic carbocycles. The number of carbonyl (C=O) groups is 2. The normalized spacial score (nSPS) is 10.2. The molecule has 0 saturated carbocycles. The number of fused-ring (bicyclic) bond motifs is 1. The maximum absolute atomic E-state index is 11.7. The van der Waals surface area contributed by atoms with Crippen LogP contribution in [0, 0.1) is 0 Å². The topological polar surface area (TPSA) is 56.3 Å². The standard InChI is InChI=1S/C13H11NO3/c1-2-17-13(16)12(15)10-4-3-9-5-6-14-8-11(9)7-10/h3-8H,2H2,1H3. The van der Waals surface area contributed by atoms with Crippen LogP contribution in [0.3, 0.4) is 0 Å². The second-order valence-corrected chi connectivity index (χ2v) is 3.49. The number of rotatable bonds is 3. The summed E-state index contributed by atoms with van der Waals surface area (Å²) in [4.78, 5) is 26.9. The van der Waals surface area contributed by atoms with Crippen molar-refractivity contribution in [3.8, 4) is 0 Å². The van der Waals surface area contributed by atoms with E-state index in [0.29, 0.717) is 5.56 Å². The molecule has 0 bridgehead atoms. The summed E-state index contributed by atoms with van der Waals surface area (Å²) in [6.07, 6.45) is 3.33. The third kappa shape index (κ3) is 2.30. The van der Waals surface area contributed by atoms with Crippen LogP contribution in [-0.2, 0) is 9.53 Å². The Morgan fingerprint density at radius 2 is 2.06 bits per heavy atom. The van der Waals surface area contributed by atoms with Crippen molar-refractivity contribution < 1.29 is 14.3 Å². The Balaban J connectivity index is 2.36. The van der Waals surface area contributed by atoms with Crippen LogP contribution >= 0.6 is 0 Å². The van der Waals surface area contributed by atoms with E-state index in [0.717, 1.165) is 10.8 Å². The molecule has 17 heavy (non-hydrogen) atoms. The number of esters is 1.